The maximum Gasteiger partial charge on any atom is 0.270 e. The van der Waals surface area contributed by atoms with Crippen LogP contribution in [0.4, 0.5) is 11.4 Å². The van der Waals surface area contributed by atoms with E-state index in [9.17, 15) is 4.79 Å². The molecule has 6 rings (SSSR count). The Labute approximate surface area is 225 Å². The fourth-order valence-electron chi connectivity index (χ4n) is 5.22. The van der Waals surface area contributed by atoms with E-state index in [1.165, 1.54) is 16.9 Å². The van der Waals surface area contributed by atoms with Gasteiger partial charge in [0.25, 0.3) is 5.91 Å². The molecule has 6 nitrogen and oxygen atoms in total. The third-order valence-corrected chi connectivity index (χ3v) is 8.10. The quantitative estimate of drug-likeness (QED) is 0.275. The second kappa shape index (κ2) is 9.84. The van der Waals surface area contributed by atoms with E-state index in [1.54, 1.807) is 14.2 Å². The van der Waals surface area contributed by atoms with E-state index >= 15 is 0 Å². The van der Waals surface area contributed by atoms with Gasteiger partial charge in [0.05, 0.1) is 25.6 Å². The zero-order chi connectivity index (χ0) is 26.2. The summed E-state index contributed by atoms with van der Waals surface area (Å²) in [5.41, 5.74) is 12.8. The number of nitrogens with two attached hydrogens (primary N) is 1. The molecular weight excluding hydrogens is 494 g/mol. The number of methoxy groups -OCH3 is 2. The molecule has 0 aliphatic carbocycles. The third-order valence-electron chi connectivity index (χ3n) is 7.01. The molecule has 1 amide bonds. The maximum absolute atomic E-state index is 14.0. The Balaban J connectivity index is 1.58. The van der Waals surface area contributed by atoms with Crippen molar-refractivity contribution in [2.24, 2.45) is 0 Å². The van der Waals surface area contributed by atoms with Crippen LogP contribution in [0.15, 0.2) is 78.9 Å². The Hall–Kier alpha value is -4.36. The summed E-state index contributed by atoms with van der Waals surface area (Å²) < 4.78 is 11.4. The number of pyridine rings is 1. The molecule has 0 radical (unpaired) electrons. The molecular formula is C31H27N3O3S. The number of nitrogen functional groups attached to an aromatic ring is 1. The molecule has 0 spiro atoms. The molecule has 190 valence electrons. The lowest BCUT2D eigenvalue weighted by Crippen LogP contribution is -2.35. The first-order chi connectivity index (χ1) is 18.6. The van der Waals surface area contributed by atoms with Crippen molar-refractivity contribution >= 4 is 38.8 Å². The van der Waals surface area contributed by atoms with Gasteiger partial charge in [-0.05, 0) is 36.6 Å². The van der Waals surface area contributed by atoms with Crippen LogP contribution < -0.4 is 20.1 Å². The number of ether oxygens (including phenoxy) is 2. The summed E-state index contributed by atoms with van der Waals surface area (Å²) in [6.07, 6.45) is 1.87. The summed E-state index contributed by atoms with van der Waals surface area (Å²) in [6, 6.07) is 25.8. The summed E-state index contributed by atoms with van der Waals surface area (Å²) in [6.45, 7) is 0.656. The Morgan fingerprint density at radius 2 is 1.74 bits per heavy atom. The summed E-state index contributed by atoms with van der Waals surface area (Å²) in [5, 5.41) is 0.745. The summed E-state index contributed by atoms with van der Waals surface area (Å²) in [5.74, 6) is 1.12. The zero-order valence-electron chi connectivity index (χ0n) is 21.2. The number of hydrogen-bond acceptors (Lipinski definition) is 6. The number of aromatic nitrogens is 1. The molecule has 0 unspecified atom stereocenters. The van der Waals surface area contributed by atoms with Crippen molar-refractivity contribution in [2.75, 3.05) is 31.4 Å². The minimum absolute atomic E-state index is 0.0949. The molecule has 5 aromatic rings. The molecule has 1 aliphatic rings. The van der Waals surface area contributed by atoms with Gasteiger partial charge in [-0.25, -0.2) is 4.98 Å². The van der Waals surface area contributed by atoms with Gasteiger partial charge < -0.3 is 20.1 Å². The number of aryl methyl sites for hydroxylation is 1. The predicted molar refractivity (Wildman–Crippen MR) is 154 cm³/mol. The lowest BCUT2D eigenvalue weighted by Gasteiger charge is -2.29. The third kappa shape index (κ3) is 3.96. The highest BCUT2D eigenvalue weighted by molar-refractivity contribution is 7.21. The number of benzene rings is 3. The molecule has 0 atom stereocenters. The highest BCUT2D eigenvalue weighted by Gasteiger charge is 2.29. The molecule has 7 heteroatoms. The van der Waals surface area contributed by atoms with Gasteiger partial charge in [-0.2, -0.15) is 0 Å². The fraction of sp³-hybridized carbons (Fsp3) is 0.161. The predicted octanol–water partition coefficient (Wildman–Crippen LogP) is 6.82. The summed E-state index contributed by atoms with van der Waals surface area (Å²) in [4.78, 5) is 22.0. The number of carbonyl (C=O) groups is 1. The Kier molecular flexibility index (Phi) is 6.21. The first kappa shape index (κ1) is 24.0. The number of para-hydroxylation sites is 2. The van der Waals surface area contributed by atoms with E-state index in [-0.39, 0.29) is 5.91 Å². The van der Waals surface area contributed by atoms with Crippen molar-refractivity contribution in [1.82, 2.24) is 4.98 Å². The first-order valence-corrected chi connectivity index (χ1v) is 13.3. The smallest absolute Gasteiger partial charge is 0.270 e. The van der Waals surface area contributed by atoms with Crippen LogP contribution >= 0.6 is 11.3 Å². The van der Waals surface area contributed by atoms with Gasteiger partial charge in [0, 0.05) is 34.3 Å². The van der Waals surface area contributed by atoms with Crippen LogP contribution in [-0.2, 0) is 6.42 Å². The molecule has 1 aliphatic heterocycles. The molecule has 0 saturated heterocycles. The second-order valence-electron chi connectivity index (χ2n) is 9.18. The molecule has 3 aromatic carbocycles. The lowest BCUT2D eigenvalue weighted by molar-refractivity contribution is 0.0990. The normalized spacial score (nSPS) is 12.8. The van der Waals surface area contributed by atoms with E-state index in [2.05, 4.69) is 6.07 Å². The number of thiophene rings is 1. The Bertz CT molecular complexity index is 1660. The number of carbonyl (C=O) groups excluding carboxylic acids is 1. The largest absolute Gasteiger partial charge is 0.493 e. The maximum atomic E-state index is 14.0. The number of rotatable bonds is 5. The fourth-order valence-corrected chi connectivity index (χ4v) is 6.28. The van der Waals surface area contributed by atoms with Crippen LogP contribution in [0.25, 0.3) is 32.6 Å². The van der Waals surface area contributed by atoms with Gasteiger partial charge in [-0.1, -0.05) is 60.7 Å². The average Bonchev–Trinajstić information content (AvgIpc) is 3.32. The van der Waals surface area contributed by atoms with E-state index in [0.717, 1.165) is 46.3 Å². The van der Waals surface area contributed by atoms with Crippen LogP contribution in [0.5, 0.6) is 11.5 Å². The molecule has 0 saturated carbocycles. The van der Waals surface area contributed by atoms with Gasteiger partial charge in [0.15, 0.2) is 11.5 Å². The van der Waals surface area contributed by atoms with Crippen LogP contribution in [0.2, 0.25) is 0 Å². The van der Waals surface area contributed by atoms with Crippen molar-refractivity contribution in [3.05, 3.63) is 89.3 Å². The van der Waals surface area contributed by atoms with Crippen molar-refractivity contribution in [3.63, 3.8) is 0 Å². The van der Waals surface area contributed by atoms with Crippen molar-refractivity contribution in [2.45, 2.75) is 12.8 Å². The molecule has 2 aromatic heterocycles. The van der Waals surface area contributed by atoms with Crippen molar-refractivity contribution in [1.29, 1.82) is 0 Å². The first-order valence-electron chi connectivity index (χ1n) is 12.5. The van der Waals surface area contributed by atoms with E-state index < -0.39 is 0 Å². The zero-order valence-corrected chi connectivity index (χ0v) is 22.0. The van der Waals surface area contributed by atoms with Gasteiger partial charge >= 0.3 is 0 Å². The Morgan fingerprint density at radius 1 is 0.947 bits per heavy atom. The van der Waals surface area contributed by atoms with Crippen LogP contribution in [0.3, 0.4) is 0 Å². The van der Waals surface area contributed by atoms with Gasteiger partial charge in [-0.3, -0.25) is 4.79 Å². The molecule has 0 fully saturated rings. The van der Waals surface area contributed by atoms with Gasteiger partial charge in [-0.15, -0.1) is 11.3 Å². The van der Waals surface area contributed by atoms with Gasteiger partial charge in [0.1, 0.15) is 9.71 Å². The molecule has 2 N–H and O–H groups in total. The minimum atomic E-state index is -0.0949. The van der Waals surface area contributed by atoms with Crippen LogP contribution in [0, 0.1) is 0 Å². The molecule has 38 heavy (non-hydrogen) atoms. The summed E-state index contributed by atoms with van der Waals surface area (Å²) >= 11 is 1.34. The van der Waals surface area contributed by atoms with Gasteiger partial charge in [0.2, 0.25) is 0 Å². The molecule has 0 bridgehead atoms. The van der Waals surface area contributed by atoms with Crippen LogP contribution in [0.1, 0.15) is 21.7 Å². The second-order valence-corrected chi connectivity index (χ2v) is 10.2. The summed E-state index contributed by atoms with van der Waals surface area (Å²) in [7, 11) is 3.24. The number of nitrogens with zero attached hydrogens (tertiary/aromatic N) is 2. The van der Waals surface area contributed by atoms with E-state index in [4.69, 9.17) is 20.2 Å². The number of amides is 1. The standard InChI is InChI=1S/C31H27N3O3S/c1-36-25-16-8-14-21(28(25)37-2)22-18-23(19-10-4-3-5-11-19)33-30-26(22)27(32)29(38-30)31(35)34-17-9-13-20-12-6-7-15-24(20)34/h3-8,10-12,14-16,18H,9,13,17,32H2,1-2H3. The number of hydrogen-bond donors (Lipinski definition) is 1. The minimum Gasteiger partial charge on any atom is -0.493 e. The lowest BCUT2D eigenvalue weighted by atomic mass is 9.98. The average molecular weight is 522 g/mol. The van der Waals surface area contributed by atoms with Crippen LogP contribution in [-0.4, -0.2) is 31.7 Å². The Morgan fingerprint density at radius 3 is 2.53 bits per heavy atom. The number of anilines is 2. The highest BCUT2D eigenvalue weighted by Crippen LogP contribution is 2.46. The number of fused-ring (bicyclic) bond motifs is 2. The SMILES string of the molecule is COc1cccc(-c2cc(-c3ccccc3)nc3sc(C(=O)N4CCCc5ccccc54)c(N)c23)c1OC. The topological polar surface area (TPSA) is 77.7 Å². The van der Waals surface area contributed by atoms with E-state index in [1.807, 2.05) is 77.7 Å². The van der Waals surface area contributed by atoms with E-state index in [0.29, 0.717) is 33.4 Å². The van der Waals surface area contributed by atoms with Crippen molar-refractivity contribution < 1.29 is 14.3 Å². The van der Waals surface area contributed by atoms with Crippen molar-refractivity contribution in [3.8, 4) is 33.9 Å². The monoisotopic (exact) mass is 521 g/mol. The highest BCUT2D eigenvalue weighted by atomic mass is 32.1. The molecule has 3 heterocycles.